The molecule has 86 valence electrons. The van der Waals surface area contributed by atoms with Gasteiger partial charge in [-0.1, -0.05) is 11.6 Å². The first-order valence-electron chi connectivity index (χ1n) is 4.14. The van der Waals surface area contributed by atoms with Crippen molar-refractivity contribution < 1.29 is 22.8 Å². The van der Waals surface area contributed by atoms with Crippen LogP contribution in [-0.2, 0) is 6.18 Å². The van der Waals surface area contributed by atoms with Crippen LogP contribution in [0, 0.1) is 0 Å². The van der Waals surface area contributed by atoms with Crippen molar-refractivity contribution in [1.82, 2.24) is 0 Å². The summed E-state index contributed by atoms with van der Waals surface area (Å²) in [4.78, 5) is 21.5. The van der Waals surface area contributed by atoms with Crippen molar-refractivity contribution in [2.75, 3.05) is 0 Å². The van der Waals surface area contributed by atoms with E-state index in [-0.39, 0.29) is 16.9 Å². The molecular weight excluding hydrogens is 245 g/mol. The highest BCUT2D eigenvalue weighted by molar-refractivity contribution is 6.34. The third kappa shape index (κ3) is 2.41. The molecule has 0 aliphatic rings. The third-order valence-corrected chi connectivity index (χ3v) is 2.20. The predicted molar refractivity (Wildman–Crippen MR) is 51.8 cm³/mol. The Labute approximate surface area is 94.0 Å². The van der Waals surface area contributed by atoms with Crippen molar-refractivity contribution in [3.63, 3.8) is 0 Å². The number of carbonyl (C=O) groups is 2. The minimum absolute atomic E-state index is 0.220. The normalized spacial score (nSPS) is 11.3. The smallest absolute Gasteiger partial charge is 0.298 e. The van der Waals surface area contributed by atoms with Crippen molar-refractivity contribution in [2.24, 2.45) is 0 Å². The molecule has 0 amide bonds. The van der Waals surface area contributed by atoms with Gasteiger partial charge in [-0.15, -0.1) is 0 Å². The minimum Gasteiger partial charge on any atom is -0.298 e. The molecule has 0 bridgehead atoms. The summed E-state index contributed by atoms with van der Waals surface area (Å²) in [5, 5.41) is -0.371. The number of Topliss-reactive ketones (excluding diaryl/α,β-unsaturated/α-hetero) is 1. The maximum Gasteiger partial charge on any atom is 0.417 e. The second kappa shape index (κ2) is 4.25. The first-order valence-corrected chi connectivity index (χ1v) is 4.52. The lowest BCUT2D eigenvalue weighted by Gasteiger charge is -2.12. The van der Waals surface area contributed by atoms with E-state index in [4.69, 9.17) is 11.6 Å². The van der Waals surface area contributed by atoms with Gasteiger partial charge in [0.15, 0.2) is 5.78 Å². The van der Waals surface area contributed by atoms with Gasteiger partial charge < -0.3 is 0 Å². The molecule has 16 heavy (non-hydrogen) atoms. The van der Waals surface area contributed by atoms with E-state index in [2.05, 4.69) is 0 Å². The molecule has 0 atom stereocenters. The van der Waals surface area contributed by atoms with E-state index in [0.717, 1.165) is 13.0 Å². The molecule has 0 aromatic heterocycles. The zero-order chi connectivity index (χ0) is 12.5. The van der Waals surface area contributed by atoms with E-state index in [9.17, 15) is 22.8 Å². The van der Waals surface area contributed by atoms with Gasteiger partial charge in [-0.2, -0.15) is 13.2 Å². The van der Waals surface area contributed by atoms with Crippen LogP contribution in [0.15, 0.2) is 12.1 Å². The Morgan fingerprint density at radius 2 is 1.94 bits per heavy atom. The first-order chi connectivity index (χ1) is 7.27. The molecule has 6 heteroatoms. The Balaban J connectivity index is 3.59. The Hall–Kier alpha value is -1.36. The van der Waals surface area contributed by atoms with Gasteiger partial charge in [0.1, 0.15) is 6.29 Å². The van der Waals surface area contributed by atoms with Crippen LogP contribution in [0.3, 0.4) is 0 Å². The molecule has 1 aromatic carbocycles. The van der Waals surface area contributed by atoms with Crippen LogP contribution < -0.4 is 0 Å². The Morgan fingerprint density at radius 1 is 1.38 bits per heavy atom. The molecule has 0 N–H and O–H groups in total. The van der Waals surface area contributed by atoms with E-state index < -0.39 is 23.1 Å². The molecule has 1 aromatic rings. The third-order valence-electron chi connectivity index (χ3n) is 1.91. The molecule has 0 fully saturated rings. The van der Waals surface area contributed by atoms with Gasteiger partial charge in [-0.3, -0.25) is 9.59 Å². The molecule has 0 unspecified atom stereocenters. The highest BCUT2D eigenvalue weighted by Crippen LogP contribution is 2.36. The average molecular weight is 251 g/mol. The summed E-state index contributed by atoms with van der Waals surface area (Å²) < 4.78 is 37.7. The maximum atomic E-state index is 12.6. The number of hydrogen-bond donors (Lipinski definition) is 0. The number of halogens is 4. The number of aldehydes is 1. The molecule has 0 radical (unpaired) electrons. The fraction of sp³-hybridized carbons (Fsp3) is 0.200. The second-order valence-electron chi connectivity index (χ2n) is 3.10. The zero-order valence-electron chi connectivity index (χ0n) is 8.06. The van der Waals surface area contributed by atoms with Crippen LogP contribution >= 0.6 is 11.6 Å². The van der Waals surface area contributed by atoms with Crippen molar-refractivity contribution >= 4 is 23.7 Å². The molecule has 0 aliphatic carbocycles. The average Bonchev–Trinajstić information content (AvgIpc) is 2.14. The molecule has 0 heterocycles. The largest absolute Gasteiger partial charge is 0.417 e. The lowest BCUT2D eigenvalue weighted by Crippen LogP contribution is -2.13. The van der Waals surface area contributed by atoms with Crippen molar-refractivity contribution in [1.29, 1.82) is 0 Å². The summed E-state index contributed by atoms with van der Waals surface area (Å²) in [6.07, 6.45) is -4.48. The number of rotatable bonds is 2. The molecule has 2 nitrogen and oxygen atoms in total. The standard InChI is InChI=1S/C10H6ClF3O2/c1-5(16)9-7(10(12,13)14)2-6(4-15)3-8(9)11/h2-4H,1H3. The van der Waals surface area contributed by atoms with Crippen LogP contribution in [0.2, 0.25) is 5.02 Å². The van der Waals surface area contributed by atoms with Crippen LogP contribution in [0.1, 0.15) is 33.2 Å². The Kier molecular flexibility index (Phi) is 3.38. The highest BCUT2D eigenvalue weighted by Gasteiger charge is 2.36. The number of alkyl halides is 3. The number of benzene rings is 1. The Bertz CT molecular complexity index is 452. The summed E-state index contributed by atoms with van der Waals surface area (Å²) in [6.45, 7) is 0.983. The van der Waals surface area contributed by atoms with E-state index in [1.54, 1.807) is 0 Å². The number of ketones is 1. The van der Waals surface area contributed by atoms with Crippen LogP contribution in [0.25, 0.3) is 0 Å². The van der Waals surface area contributed by atoms with Gasteiger partial charge in [-0.25, -0.2) is 0 Å². The maximum absolute atomic E-state index is 12.6. The van der Waals surface area contributed by atoms with Crippen molar-refractivity contribution in [3.05, 3.63) is 33.8 Å². The van der Waals surface area contributed by atoms with Gasteiger partial charge in [0, 0.05) is 11.1 Å². The molecule has 0 spiro atoms. The highest BCUT2D eigenvalue weighted by atomic mass is 35.5. The van der Waals surface area contributed by atoms with Crippen LogP contribution in [0.4, 0.5) is 13.2 Å². The van der Waals surface area contributed by atoms with Gasteiger partial charge >= 0.3 is 6.18 Å². The molecule has 0 saturated carbocycles. The van der Waals surface area contributed by atoms with Gasteiger partial charge in [0.05, 0.1) is 10.6 Å². The zero-order valence-corrected chi connectivity index (χ0v) is 8.82. The van der Waals surface area contributed by atoms with E-state index >= 15 is 0 Å². The Morgan fingerprint density at radius 3 is 2.31 bits per heavy atom. The van der Waals surface area contributed by atoms with Gasteiger partial charge in [-0.05, 0) is 19.1 Å². The fourth-order valence-electron chi connectivity index (χ4n) is 1.28. The summed E-state index contributed by atoms with van der Waals surface area (Å²) in [5.41, 5.74) is -2.02. The molecule has 0 aliphatic heterocycles. The van der Waals surface area contributed by atoms with E-state index in [1.165, 1.54) is 0 Å². The minimum atomic E-state index is -4.72. The summed E-state index contributed by atoms with van der Waals surface area (Å²) in [5.74, 6) is -0.797. The molecule has 1 rings (SSSR count). The van der Waals surface area contributed by atoms with E-state index in [1.807, 2.05) is 0 Å². The van der Waals surface area contributed by atoms with Gasteiger partial charge in [0.2, 0.25) is 0 Å². The summed E-state index contributed by atoms with van der Waals surface area (Å²) >= 11 is 5.53. The lowest BCUT2D eigenvalue weighted by molar-refractivity contribution is -0.137. The molecule has 0 saturated heterocycles. The second-order valence-corrected chi connectivity index (χ2v) is 3.50. The number of carbonyl (C=O) groups excluding carboxylic acids is 2. The quantitative estimate of drug-likeness (QED) is 0.596. The predicted octanol–water partition coefficient (Wildman–Crippen LogP) is 3.37. The van der Waals surface area contributed by atoms with Crippen molar-refractivity contribution in [2.45, 2.75) is 13.1 Å². The first kappa shape index (κ1) is 12.7. The summed E-state index contributed by atoms with van der Waals surface area (Å²) in [7, 11) is 0. The molecular formula is C10H6ClF3O2. The van der Waals surface area contributed by atoms with E-state index in [0.29, 0.717) is 6.07 Å². The topological polar surface area (TPSA) is 34.1 Å². The SMILES string of the molecule is CC(=O)c1c(Cl)cc(C=O)cc1C(F)(F)F. The number of hydrogen-bond acceptors (Lipinski definition) is 2. The fourth-order valence-corrected chi connectivity index (χ4v) is 1.64. The van der Waals surface area contributed by atoms with Crippen LogP contribution in [-0.4, -0.2) is 12.1 Å². The summed E-state index contributed by atoms with van der Waals surface area (Å²) in [6, 6.07) is 1.64. The van der Waals surface area contributed by atoms with Crippen LogP contribution in [0.5, 0.6) is 0 Å². The lowest BCUT2D eigenvalue weighted by atomic mass is 10.0. The van der Waals surface area contributed by atoms with Gasteiger partial charge in [0.25, 0.3) is 0 Å². The monoisotopic (exact) mass is 250 g/mol. The van der Waals surface area contributed by atoms with Crippen molar-refractivity contribution in [3.8, 4) is 0 Å².